The Morgan fingerprint density at radius 1 is 0.786 bits per heavy atom. The van der Waals surface area contributed by atoms with Crippen molar-refractivity contribution >= 4 is 55.0 Å². The zero-order valence-electron chi connectivity index (χ0n) is 23.2. The Kier molecular flexibility index (Phi) is 6.31. The average Bonchev–Trinajstić information content (AvgIpc) is 2.96. The van der Waals surface area contributed by atoms with Gasteiger partial charge in [0.05, 0.1) is 5.41 Å². The van der Waals surface area contributed by atoms with E-state index in [9.17, 15) is 24.3 Å². The highest BCUT2D eigenvalue weighted by molar-refractivity contribution is 6.33. The SMILES string of the molecule is CC(C)(C)C(=O)OCn1c(=O)c(C#Cc2ccc3c4cccc5cccc(c6cccc2c63)c54)cn(CC(=O)O)c1=O. The van der Waals surface area contributed by atoms with Gasteiger partial charge >= 0.3 is 17.6 Å². The van der Waals surface area contributed by atoms with E-state index in [-0.39, 0.29) is 5.56 Å². The van der Waals surface area contributed by atoms with Crippen LogP contribution in [0.2, 0.25) is 0 Å². The van der Waals surface area contributed by atoms with Crippen LogP contribution in [0.5, 0.6) is 0 Å². The first-order valence-electron chi connectivity index (χ1n) is 13.4. The van der Waals surface area contributed by atoms with Crippen LogP contribution in [0, 0.1) is 17.3 Å². The lowest BCUT2D eigenvalue weighted by atomic mass is 9.88. The van der Waals surface area contributed by atoms with Crippen LogP contribution in [-0.2, 0) is 27.6 Å². The molecule has 0 bridgehead atoms. The molecule has 1 aromatic heterocycles. The summed E-state index contributed by atoms with van der Waals surface area (Å²) in [5.41, 5.74) is -1.98. The van der Waals surface area contributed by atoms with Gasteiger partial charge in [0.2, 0.25) is 0 Å². The number of aliphatic carboxylic acids is 1. The molecule has 0 aliphatic rings. The maximum atomic E-state index is 13.3. The number of aromatic nitrogens is 2. The third-order valence-corrected chi connectivity index (χ3v) is 7.34. The number of carboxylic acid groups (broad SMARTS) is 1. The molecule has 0 atom stereocenters. The molecule has 6 aromatic rings. The molecule has 0 radical (unpaired) electrons. The standard InChI is InChI=1S/C34H26N2O6/c1-34(2,3)32(40)42-19-36-31(39)22(17-35(33(36)41)18-28(37)38)14-13-20-15-16-27-25-11-5-8-21-7-4-10-24(29(21)25)26-12-6-9-23(20)30(26)27/h4-12,15-17H,18-19H2,1-3H3,(H,37,38). The number of hydrogen-bond acceptors (Lipinski definition) is 5. The fraction of sp³-hybridized carbons (Fsp3) is 0.176. The minimum atomic E-state index is -1.27. The number of ether oxygens (including phenoxy) is 1. The summed E-state index contributed by atoms with van der Waals surface area (Å²) in [6.07, 6.45) is 1.13. The Labute approximate surface area is 239 Å². The van der Waals surface area contributed by atoms with Gasteiger partial charge in [0.15, 0.2) is 6.73 Å². The van der Waals surface area contributed by atoms with Gasteiger partial charge in [0.25, 0.3) is 5.56 Å². The Morgan fingerprint density at radius 2 is 1.36 bits per heavy atom. The molecule has 208 valence electrons. The van der Waals surface area contributed by atoms with Gasteiger partial charge in [-0.05, 0) is 69.9 Å². The zero-order valence-corrected chi connectivity index (χ0v) is 23.2. The summed E-state index contributed by atoms with van der Waals surface area (Å²) in [7, 11) is 0. The first-order valence-corrected chi connectivity index (χ1v) is 13.4. The monoisotopic (exact) mass is 558 g/mol. The van der Waals surface area contributed by atoms with E-state index in [0.717, 1.165) is 48.5 Å². The molecule has 8 nitrogen and oxygen atoms in total. The average molecular weight is 559 g/mol. The molecule has 0 aliphatic carbocycles. The number of carbonyl (C=O) groups excluding carboxylic acids is 1. The smallest absolute Gasteiger partial charge is 0.334 e. The molecular formula is C34H26N2O6. The quantitative estimate of drug-likeness (QED) is 0.140. The molecule has 0 aliphatic heterocycles. The summed E-state index contributed by atoms with van der Waals surface area (Å²) in [5.74, 6) is 4.05. The number of benzene rings is 5. The van der Waals surface area contributed by atoms with Crippen LogP contribution < -0.4 is 11.2 Å². The number of nitrogens with zero attached hydrogens (tertiary/aromatic N) is 2. The Hall–Kier alpha value is -5.42. The highest BCUT2D eigenvalue weighted by atomic mass is 16.5. The van der Waals surface area contributed by atoms with Crippen LogP contribution >= 0.6 is 0 Å². The fourth-order valence-electron chi connectivity index (χ4n) is 5.34. The Morgan fingerprint density at radius 3 is 2.00 bits per heavy atom. The third kappa shape index (κ3) is 4.45. The van der Waals surface area contributed by atoms with E-state index < -0.39 is 41.9 Å². The Bertz CT molecular complexity index is 2210. The number of esters is 1. The lowest BCUT2D eigenvalue weighted by Gasteiger charge is -2.17. The van der Waals surface area contributed by atoms with Gasteiger partial charge in [-0.1, -0.05) is 72.5 Å². The number of carbonyl (C=O) groups is 2. The topological polar surface area (TPSA) is 108 Å². The lowest BCUT2D eigenvalue weighted by molar-refractivity contribution is -0.157. The van der Waals surface area contributed by atoms with Crippen molar-refractivity contribution in [2.75, 3.05) is 0 Å². The minimum Gasteiger partial charge on any atom is -0.480 e. The van der Waals surface area contributed by atoms with Crippen molar-refractivity contribution in [2.24, 2.45) is 5.41 Å². The lowest BCUT2D eigenvalue weighted by Crippen LogP contribution is -2.43. The van der Waals surface area contributed by atoms with Gasteiger partial charge in [-0.2, -0.15) is 0 Å². The second-order valence-corrected chi connectivity index (χ2v) is 11.2. The molecule has 0 amide bonds. The maximum Gasteiger partial charge on any atom is 0.334 e. The molecule has 0 spiro atoms. The van der Waals surface area contributed by atoms with Crippen molar-refractivity contribution < 1.29 is 19.4 Å². The Balaban J connectivity index is 1.52. The predicted molar refractivity (Wildman–Crippen MR) is 162 cm³/mol. The summed E-state index contributed by atoms with van der Waals surface area (Å²) in [4.78, 5) is 49.9. The van der Waals surface area contributed by atoms with E-state index >= 15 is 0 Å². The van der Waals surface area contributed by atoms with E-state index in [1.165, 1.54) is 5.39 Å². The zero-order chi connectivity index (χ0) is 29.8. The van der Waals surface area contributed by atoms with E-state index in [1.54, 1.807) is 20.8 Å². The number of fused-ring (bicyclic) bond motifs is 2. The van der Waals surface area contributed by atoms with E-state index in [0.29, 0.717) is 10.1 Å². The van der Waals surface area contributed by atoms with Crippen molar-refractivity contribution in [3.63, 3.8) is 0 Å². The van der Waals surface area contributed by atoms with Gasteiger partial charge in [0.1, 0.15) is 12.1 Å². The highest BCUT2D eigenvalue weighted by Gasteiger charge is 2.24. The molecule has 1 N–H and O–H groups in total. The summed E-state index contributed by atoms with van der Waals surface area (Å²) in [6.45, 7) is 3.58. The van der Waals surface area contributed by atoms with Crippen LogP contribution in [0.15, 0.2) is 82.5 Å². The van der Waals surface area contributed by atoms with Crippen molar-refractivity contribution in [2.45, 2.75) is 34.0 Å². The molecule has 5 aromatic carbocycles. The van der Waals surface area contributed by atoms with Crippen molar-refractivity contribution in [1.29, 1.82) is 0 Å². The number of rotatable bonds is 4. The van der Waals surface area contributed by atoms with Gasteiger partial charge in [-0.25, -0.2) is 9.36 Å². The van der Waals surface area contributed by atoms with Crippen molar-refractivity contribution in [3.05, 3.63) is 105 Å². The van der Waals surface area contributed by atoms with Gasteiger partial charge in [-0.3, -0.25) is 19.0 Å². The van der Waals surface area contributed by atoms with E-state index in [4.69, 9.17) is 4.74 Å². The first kappa shape index (κ1) is 26.8. The van der Waals surface area contributed by atoms with Crippen molar-refractivity contribution in [1.82, 2.24) is 9.13 Å². The summed E-state index contributed by atoms with van der Waals surface area (Å²) >= 11 is 0. The largest absolute Gasteiger partial charge is 0.480 e. The molecule has 1 heterocycles. The van der Waals surface area contributed by atoms with Crippen LogP contribution in [0.4, 0.5) is 0 Å². The molecule has 6 rings (SSSR count). The second-order valence-electron chi connectivity index (χ2n) is 11.2. The van der Waals surface area contributed by atoms with Gasteiger partial charge in [-0.15, -0.1) is 0 Å². The van der Waals surface area contributed by atoms with E-state index in [2.05, 4.69) is 42.2 Å². The summed E-state index contributed by atoms with van der Waals surface area (Å²) < 4.78 is 6.76. The predicted octanol–water partition coefficient (Wildman–Crippen LogP) is 5.09. The normalized spacial score (nSPS) is 11.7. The summed E-state index contributed by atoms with van der Waals surface area (Å²) in [6, 6.07) is 22.5. The third-order valence-electron chi connectivity index (χ3n) is 7.34. The molecule has 8 heteroatoms. The molecule has 0 saturated heterocycles. The molecule has 0 unspecified atom stereocenters. The maximum absolute atomic E-state index is 13.3. The first-order chi connectivity index (χ1) is 20.0. The number of hydrogen-bond donors (Lipinski definition) is 1. The second kappa shape index (κ2) is 9.89. The van der Waals surface area contributed by atoms with Crippen molar-refractivity contribution in [3.8, 4) is 11.8 Å². The van der Waals surface area contributed by atoms with Crippen LogP contribution in [0.3, 0.4) is 0 Å². The molecule has 42 heavy (non-hydrogen) atoms. The van der Waals surface area contributed by atoms with Crippen LogP contribution in [0.25, 0.3) is 43.1 Å². The van der Waals surface area contributed by atoms with Crippen LogP contribution in [0.1, 0.15) is 31.9 Å². The molecular weight excluding hydrogens is 532 g/mol. The van der Waals surface area contributed by atoms with Crippen LogP contribution in [-0.4, -0.2) is 26.2 Å². The fourth-order valence-corrected chi connectivity index (χ4v) is 5.34. The van der Waals surface area contributed by atoms with Gasteiger partial charge in [0, 0.05) is 11.8 Å². The number of carboxylic acids is 1. The van der Waals surface area contributed by atoms with Gasteiger partial charge < -0.3 is 9.84 Å². The van der Waals surface area contributed by atoms with E-state index in [1.807, 2.05) is 36.4 Å². The highest BCUT2D eigenvalue weighted by Crippen LogP contribution is 2.40. The molecule has 0 saturated carbocycles. The minimum absolute atomic E-state index is 0.0988. The molecule has 0 fully saturated rings. The summed E-state index contributed by atoms with van der Waals surface area (Å²) in [5, 5.41) is 18.1.